The number of rotatable bonds is 5. The second-order valence-corrected chi connectivity index (χ2v) is 5.38. The molecule has 1 saturated carbocycles. The molecule has 5 nitrogen and oxygen atoms in total. The Morgan fingerprint density at radius 3 is 2.81 bits per heavy atom. The molecular weight excluding hydrogens is 299 g/mol. The van der Waals surface area contributed by atoms with Crippen LogP contribution in [-0.2, 0) is 9.53 Å². The molecule has 0 saturated heterocycles. The molecule has 0 bridgehead atoms. The van der Waals surface area contributed by atoms with Crippen molar-refractivity contribution < 1.29 is 18.7 Å². The fraction of sp³-hybridized carbons (Fsp3) is 0.429. The minimum absolute atomic E-state index is 0.00684. The van der Waals surface area contributed by atoms with Gasteiger partial charge in [0.05, 0.1) is 19.2 Å². The number of urea groups is 1. The summed E-state index contributed by atoms with van der Waals surface area (Å²) in [7, 11) is 1.30. The number of benzene rings is 1. The van der Waals surface area contributed by atoms with Gasteiger partial charge in [-0.2, -0.15) is 0 Å². The van der Waals surface area contributed by atoms with Crippen LogP contribution in [0, 0.1) is 11.7 Å². The number of halogens is 2. The number of ether oxygens (including phenoxy) is 1. The number of hydrogen-bond donors (Lipinski definition) is 2. The Labute approximate surface area is 126 Å². The number of anilines is 1. The van der Waals surface area contributed by atoms with Gasteiger partial charge in [-0.15, -0.1) is 0 Å². The number of hydrogen-bond acceptors (Lipinski definition) is 3. The van der Waals surface area contributed by atoms with E-state index in [-0.39, 0.29) is 30.0 Å². The summed E-state index contributed by atoms with van der Waals surface area (Å²) in [5.41, 5.74) is -0.00684. The van der Waals surface area contributed by atoms with Crippen LogP contribution in [-0.4, -0.2) is 25.2 Å². The summed E-state index contributed by atoms with van der Waals surface area (Å²) in [6.07, 6.45) is 2.01. The van der Waals surface area contributed by atoms with Crippen molar-refractivity contribution in [2.45, 2.75) is 25.3 Å². The third kappa shape index (κ3) is 4.60. The lowest BCUT2D eigenvalue weighted by molar-refractivity contribution is -0.141. The Kier molecular flexibility index (Phi) is 5.01. The lowest BCUT2D eigenvalue weighted by atomic mass is 10.1. The molecule has 0 aliphatic heterocycles. The second kappa shape index (κ2) is 6.76. The second-order valence-electron chi connectivity index (χ2n) is 4.95. The highest BCUT2D eigenvalue weighted by molar-refractivity contribution is 6.30. The van der Waals surface area contributed by atoms with Crippen LogP contribution >= 0.6 is 11.6 Å². The molecule has 1 aromatic carbocycles. The molecule has 0 aromatic heterocycles. The fourth-order valence-electron chi connectivity index (χ4n) is 2.02. The van der Waals surface area contributed by atoms with Crippen LogP contribution in [0.5, 0.6) is 0 Å². The standard InChI is InChI=1S/C14H16ClFN2O3/c1-21-13(19)7-11(8-2-3-8)17-14(20)18-12-6-9(15)4-5-10(12)16/h4-6,8,11H,2-3,7H2,1H3,(H2,17,18,20). The maximum Gasteiger partial charge on any atom is 0.319 e. The molecule has 1 fully saturated rings. The number of esters is 1. The van der Waals surface area contributed by atoms with Crippen molar-refractivity contribution in [3.8, 4) is 0 Å². The topological polar surface area (TPSA) is 67.4 Å². The lowest BCUT2D eigenvalue weighted by Gasteiger charge is -2.17. The Morgan fingerprint density at radius 2 is 2.19 bits per heavy atom. The molecule has 1 unspecified atom stereocenters. The van der Waals surface area contributed by atoms with Gasteiger partial charge in [0.25, 0.3) is 0 Å². The van der Waals surface area contributed by atoms with Crippen LogP contribution < -0.4 is 10.6 Å². The molecule has 1 aromatic rings. The highest BCUT2D eigenvalue weighted by Gasteiger charge is 2.34. The van der Waals surface area contributed by atoms with Gasteiger partial charge < -0.3 is 15.4 Å². The van der Waals surface area contributed by atoms with Crippen molar-refractivity contribution in [3.63, 3.8) is 0 Å². The summed E-state index contributed by atoms with van der Waals surface area (Å²) in [5.74, 6) is -0.703. The van der Waals surface area contributed by atoms with Crippen molar-refractivity contribution in [3.05, 3.63) is 29.0 Å². The molecule has 2 amide bonds. The van der Waals surface area contributed by atoms with Gasteiger partial charge in [0, 0.05) is 11.1 Å². The van der Waals surface area contributed by atoms with Crippen LogP contribution in [0.3, 0.4) is 0 Å². The van der Waals surface area contributed by atoms with Crippen molar-refractivity contribution in [2.24, 2.45) is 5.92 Å². The van der Waals surface area contributed by atoms with Crippen LogP contribution in [0.1, 0.15) is 19.3 Å². The van der Waals surface area contributed by atoms with E-state index in [9.17, 15) is 14.0 Å². The highest BCUT2D eigenvalue weighted by atomic mass is 35.5. The Hall–Kier alpha value is -1.82. The largest absolute Gasteiger partial charge is 0.469 e. The van der Waals surface area contributed by atoms with Gasteiger partial charge in [0.2, 0.25) is 0 Å². The number of carbonyl (C=O) groups excluding carboxylic acids is 2. The Balaban J connectivity index is 1.95. The van der Waals surface area contributed by atoms with E-state index >= 15 is 0 Å². The SMILES string of the molecule is COC(=O)CC(NC(=O)Nc1cc(Cl)ccc1F)C1CC1. The van der Waals surface area contributed by atoms with Crippen molar-refractivity contribution in [2.75, 3.05) is 12.4 Å². The molecule has 114 valence electrons. The molecule has 0 spiro atoms. The third-order valence-corrected chi connectivity index (χ3v) is 3.53. The van der Waals surface area contributed by atoms with Gasteiger partial charge in [-0.05, 0) is 37.0 Å². The van der Waals surface area contributed by atoms with E-state index in [1.165, 1.54) is 25.3 Å². The molecule has 2 N–H and O–H groups in total. The molecule has 0 radical (unpaired) electrons. The number of methoxy groups -OCH3 is 1. The molecular formula is C14H16ClFN2O3. The number of carbonyl (C=O) groups is 2. The molecule has 0 heterocycles. The molecule has 7 heteroatoms. The average molecular weight is 315 g/mol. The summed E-state index contributed by atoms with van der Waals surface area (Å²) in [4.78, 5) is 23.2. The normalized spacial score (nSPS) is 15.2. The summed E-state index contributed by atoms with van der Waals surface area (Å²) < 4.78 is 18.1. The van der Waals surface area contributed by atoms with Crippen LogP contribution in [0.2, 0.25) is 5.02 Å². The van der Waals surface area contributed by atoms with Crippen molar-refractivity contribution >= 4 is 29.3 Å². The van der Waals surface area contributed by atoms with Crippen LogP contribution in [0.4, 0.5) is 14.9 Å². The molecule has 1 atom stereocenters. The highest BCUT2D eigenvalue weighted by Crippen LogP contribution is 2.34. The first kappa shape index (κ1) is 15.6. The van der Waals surface area contributed by atoms with E-state index in [1.54, 1.807) is 0 Å². The molecule has 21 heavy (non-hydrogen) atoms. The summed E-state index contributed by atoms with van der Waals surface area (Å²) in [5, 5.41) is 5.39. The molecule has 2 rings (SSSR count). The quantitative estimate of drug-likeness (QED) is 0.821. The summed E-state index contributed by atoms with van der Waals surface area (Å²) in [6, 6.07) is 3.01. The molecule has 1 aliphatic rings. The van der Waals surface area contributed by atoms with Gasteiger partial charge in [-0.1, -0.05) is 11.6 Å². The zero-order valence-electron chi connectivity index (χ0n) is 11.5. The summed E-state index contributed by atoms with van der Waals surface area (Å²) in [6.45, 7) is 0. The smallest absolute Gasteiger partial charge is 0.319 e. The lowest BCUT2D eigenvalue weighted by Crippen LogP contribution is -2.41. The van der Waals surface area contributed by atoms with E-state index < -0.39 is 11.8 Å². The van der Waals surface area contributed by atoms with Gasteiger partial charge in [0.1, 0.15) is 5.82 Å². The zero-order chi connectivity index (χ0) is 15.4. The Bertz CT molecular complexity index is 549. The van der Waals surface area contributed by atoms with Crippen molar-refractivity contribution in [1.82, 2.24) is 5.32 Å². The van der Waals surface area contributed by atoms with E-state index in [4.69, 9.17) is 11.6 Å². The molecule has 1 aliphatic carbocycles. The van der Waals surface area contributed by atoms with E-state index in [0.717, 1.165) is 12.8 Å². The first-order valence-electron chi connectivity index (χ1n) is 6.59. The first-order chi connectivity index (χ1) is 9.99. The number of nitrogens with one attached hydrogen (secondary N) is 2. The van der Waals surface area contributed by atoms with E-state index in [1.807, 2.05) is 0 Å². The van der Waals surface area contributed by atoms with E-state index in [2.05, 4.69) is 15.4 Å². The van der Waals surface area contributed by atoms with Crippen LogP contribution in [0.25, 0.3) is 0 Å². The minimum atomic E-state index is -0.578. The minimum Gasteiger partial charge on any atom is -0.469 e. The van der Waals surface area contributed by atoms with Crippen molar-refractivity contribution in [1.29, 1.82) is 0 Å². The van der Waals surface area contributed by atoms with Gasteiger partial charge in [0.15, 0.2) is 0 Å². The predicted octanol–water partition coefficient (Wildman–Crippen LogP) is 2.94. The van der Waals surface area contributed by atoms with Gasteiger partial charge >= 0.3 is 12.0 Å². The first-order valence-corrected chi connectivity index (χ1v) is 6.96. The predicted molar refractivity (Wildman–Crippen MR) is 76.7 cm³/mol. The zero-order valence-corrected chi connectivity index (χ0v) is 12.2. The van der Waals surface area contributed by atoms with Gasteiger partial charge in [-0.25, -0.2) is 9.18 Å². The van der Waals surface area contributed by atoms with Crippen LogP contribution in [0.15, 0.2) is 18.2 Å². The monoisotopic (exact) mass is 314 g/mol. The third-order valence-electron chi connectivity index (χ3n) is 3.30. The summed E-state index contributed by atoms with van der Waals surface area (Å²) >= 11 is 5.75. The average Bonchev–Trinajstić information content (AvgIpc) is 3.26. The fourth-order valence-corrected chi connectivity index (χ4v) is 2.19. The Morgan fingerprint density at radius 1 is 1.48 bits per heavy atom. The maximum absolute atomic E-state index is 13.5. The van der Waals surface area contributed by atoms with E-state index in [0.29, 0.717) is 5.02 Å². The van der Waals surface area contributed by atoms with Gasteiger partial charge in [-0.3, -0.25) is 4.79 Å². The number of amides is 2. The maximum atomic E-state index is 13.5.